The van der Waals surface area contributed by atoms with Gasteiger partial charge in [0.2, 0.25) is 0 Å². The van der Waals surface area contributed by atoms with Crippen LogP contribution in [0.3, 0.4) is 0 Å². The largest absolute Gasteiger partial charge is 0.497 e. The molecular formula is C24H21N3O4S. The molecule has 0 saturated carbocycles. The molecule has 8 heteroatoms. The van der Waals surface area contributed by atoms with E-state index in [1.54, 1.807) is 43.5 Å². The van der Waals surface area contributed by atoms with Crippen molar-refractivity contribution < 1.29 is 14.3 Å². The van der Waals surface area contributed by atoms with Crippen LogP contribution in [0.2, 0.25) is 0 Å². The van der Waals surface area contributed by atoms with E-state index in [-0.39, 0.29) is 11.5 Å². The molecule has 2 N–H and O–H groups in total. The van der Waals surface area contributed by atoms with Crippen molar-refractivity contribution in [2.75, 3.05) is 19.5 Å². The third-order valence-electron chi connectivity index (χ3n) is 5.08. The normalized spacial score (nSPS) is 10.7. The molecule has 0 fully saturated rings. The molecule has 0 saturated heterocycles. The molecule has 0 aliphatic rings. The minimum absolute atomic E-state index is 0.212. The molecule has 0 radical (unpaired) electrons. The highest BCUT2D eigenvalue weighted by Gasteiger charge is 2.13. The lowest BCUT2D eigenvalue weighted by atomic mass is 10.1. The van der Waals surface area contributed by atoms with Crippen molar-refractivity contribution in [2.24, 2.45) is 0 Å². The number of nitrogens with zero attached hydrogens (tertiary/aromatic N) is 1. The standard InChI is InChI=1S/C24H21N3O4S/c1-30-17-9-11-19(21(13-17)31-2)25-22(28)16-8-10-18-20(12-16)26-24(32)27(23(18)29)14-15-6-4-3-5-7-15/h3-13H,14H2,1-2H3,(H,25,28)(H,26,32). The quantitative estimate of drug-likeness (QED) is 0.429. The number of methoxy groups -OCH3 is 2. The third-order valence-corrected chi connectivity index (χ3v) is 5.41. The number of anilines is 1. The Morgan fingerprint density at radius 2 is 1.81 bits per heavy atom. The number of nitrogens with one attached hydrogen (secondary N) is 2. The number of carbonyl (C=O) groups excluding carboxylic acids is 1. The van der Waals surface area contributed by atoms with Gasteiger partial charge in [0.25, 0.3) is 11.5 Å². The molecule has 7 nitrogen and oxygen atoms in total. The lowest BCUT2D eigenvalue weighted by Gasteiger charge is -2.12. The lowest BCUT2D eigenvalue weighted by Crippen LogP contribution is -2.23. The van der Waals surface area contributed by atoms with Gasteiger partial charge in [0.05, 0.1) is 37.4 Å². The van der Waals surface area contributed by atoms with Crippen LogP contribution in [0, 0.1) is 4.77 Å². The van der Waals surface area contributed by atoms with Crippen molar-refractivity contribution in [3.8, 4) is 11.5 Å². The van der Waals surface area contributed by atoms with E-state index in [9.17, 15) is 9.59 Å². The third kappa shape index (κ3) is 4.26. The molecule has 0 aliphatic heterocycles. The zero-order chi connectivity index (χ0) is 22.7. The average molecular weight is 448 g/mol. The number of ether oxygens (including phenoxy) is 2. The number of aromatic amines is 1. The Balaban J connectivity index is 1.65. The second kappa shape index (κ2) is 9.07. The van der Waals surface area contributed by atoms with Crippen molar-refractivity contribution in [3.63, 3.8) is 0 Å². The van der Waals surface area contributed by atoms with Crippen LogP contribution in [-0.4, -0.2) is 29.7 Å². The van der Waals surface area contributed by atoms with Crippen molar-refractivity contribution in [2.45, 2.75) is 6.54 Å². The maximum atomic E-state index is 13.0. The molecular weight excluding hydrogens is 426 g/mol. The van der Waals surface area contributed by atoms with Gasteiger partial charge >= 0.3 is 0 Å². The highest BCUT2D eigenvalue weighted by atomic mass is 32.1. The highest BCUT2D eigenvalue weighted by molar-refractivity contribution is 7.71. The Kier molecular flexibility index (Phi) is 6.04. The monoisotopic (exact) mass is 447 g/mol. The van der Waals surface area contributed by atoms with Gasteiger partial charge in [-0.15, -0.1) is 0 Å². The molecule has 0 unspecified atom stereocenters. The molecule has 1 amide bonds. The summed E-state index contributed by atoms with van der Waals surface area (Å²) >= 11 is 5.41. The molecule has 3 aromatic carbocycles. The first-order valence-electron chi connectivity index (χ1n) is 9.84. The zero-order valence-electron chi connectivity index (χ0n) is 17.5. The van der Waals surface area contributed by atoms with Gasteiger partial charge in [-0.3, -0.25) is 14.2 Å². The van der Waals surface area contributed by atoms with Gasteiger partial charge in [-0.2, -0.15) is 0 Å². The number of benzene rings is 3. The van der Waals surface area contributed by atoms with Gasteiger partial charge in [0.15, 0.2) is 4.77 Å². The number of hydrogen-bond donors (Lipinski definition) is 2. The zero-order valence-corrected chi connectivity index (χ0v) is 18.4. The summed E-state index contributed by atoms with van der Waals surface area (Å²) in [5, 5.41) is 3.28. The van der Waals surface area contributed by atoms with Crippen molar-refractivity contribution in [3.05, 3.63) is 93.0 Å². The van der Waals surface area contributed by atoms with Crippen LogP contribution >= 0.6 is 12.2 Å². The van der Waals surface area contributed by atoms with Gasteiger partial charge in [-0.05, 0) is 48.1 Å². The van der Waals surface area contributed by atoms with E-state index in [2.05, 4.69) is 10.3 Å². The van der Waals surface area contributed by atoms with E-state index < -0.39 is 0 Å². The number of H-pyrrole nitrogens is 1. The number of hydrogen-bond acceptors (Lipinski definition) is 5. The van der Waals surface area contributed by atoms with Gasteiger partial charge in [0.1, 0.15) is 11.5 Å². The summed E-state index contributed by atoms with van der Waals surface area (Å²) in [4.78, 5) is 28.9. The Bertz CT molecular complexity index is 1410. The van der Waals surface area contributed by atoms with E-state index in [4.69, 9.17) is 21.7 Å². The summed E-state index contributed by atoms with van der Waals surface area (Å²) in [5.74, 6) is 0.745. The van der Waals surface area contributed by atoms with Crippen molar-refractivity contribution in [1.29, 1.82) is 0 Å². The Hall–Kier alpha value is -3.91. The number of fused-ring (bicyclic) bond motifs is 1. The predicted molar refractivity (Wildman–Crippen MR) is 126 cm³/mol. The maximum Gasteiger partial charge on any atom is 0.262 e. The topological polar surface area (TPSA) is 85.4 Å². The molecule has 4 rings (SSSR count). The Morgan fingerprint density at radius 3 is 2.53 bits per heavy atom. The molecule has 4 aromatic rings. The van der Waals surface area contributed by atoms with Crippen LogP contribution in [0.5, 0.6) is 11.5 Å². The van der Waals surface area contributed by atoms with E-state index in [0.29, 0.717) is 45.0 Å². The van der Waals surface area contributed by atoms with Crippen LogP contribution in [0.1, 0.15) is 15.9 Å². The van der Waals surface area contributed by atoms with E-state index in [1.165, 1.54) is 11.7 Å². The second-order valence-corrected chi connectivity index (χ2v) is 7.47. The van der Waals surface area contributed by atoms with Crippen LogP contribution < -0.4 is 20.3 Å². The number of amides is 1. The van der Waals surface area contributed by atoms with Gasteiger partial charge in [-0.1, -0.05) is 30.3 Å². The number of rotatable bonds is 6. The predicted octanol–water partition coefficient (Wildman–Crippen LogP) is 4.38. The molecule has 1 heterocycles. The molecule has 0 atom stereocenters. The van der Waals surface area contributed by atoms with Gasteiger partial charge in [-0.25, -0.2) is 0 Å². The van der Waals surface area contributed by atoms with Crippen LogP contribution in [0.25, 0.3) is 10.9 Å². The summed E-state index contributed by atoms with van der Waals surface area (Å²) in [5.41, 5.74) is 2.14. The second-order valence-electron chi connectivity index (χ2n) is 7.09. The maximum absolute atomic E-state index is 13.0. The van der Waals surface area contributed by atoms with Crippen LogP contribution in [-0.2, 0) is 6.54 Å². The fourth-order valence-electron chi connectivity index (χ4n) is 3.40. The Morgan fingerprint density at radius 1 is 1.03 bits per heavy atom. The van der Waals surface area contributed by atoms with Crippen molar-refractivity contribution in [1.82, 2.24) is 9.55 Å². The van der Waals surface area contributed by atoms with E-state index in [1.807, 2.05) is 30.3 Å². The van der Waals surface area contributed by atoms with E-state index in [0.717, 1.165) is 5.56 Å². The molecule has 1 aromatic heterocycles. The molecule has 32 heavy (non-hydrogen) atoms. The Labute approximate surface area is 189 Å². The molecule has 0 bridgehead atoms. The summed E-state index contributed by atoms with van der Waals surface area (Å²) in [7, 11) is 3.07. The first-order chi connectivity index (χ1) is 15.5. The molecule has 0 aliphatic carbocycles. The first-order valence-corrected chi connectivity index (χ1v) is 10.2. The molecule has 162 valence electrons. The summed E-state index contributed by atoms with van der Waals surface area (Å²) in [6, 6.07) is 19.6. The van der Waals surface area contributed by atoms with E-state index >= 15 is 0 Å². The average Bonchev–Trinajstić information content (AvgIpc) is 2.82. The minimum atomic E-state index is -0.344. The smallest absolute Gasteiger partial charge is 0.262 e. The van der Waals surface area contributed by atoms with Crippen molar-refractivity contribution >= 4 is 34.7 Å². The van der Waals surface area contributed by atoms with Crippen LogP contribution in [0.15, 0.2) is 71.5 Å². The molecule has 0 spiro atoms. The number of carbonyl (C=O) groups is 1. The van der Waals surface area contributed by atoms with Gasteiger partial charge < -0.3 is 19.8 Å². The SMILES string of the molecule is COc1ccc(NC(=O)c2ccc3c(=O)n(Cc4ccccc4)c(=S)[nH]c3c2)c(OC)c1. The minimum Gasteiger partial charge on any atom is -0.497 e. The summed E-state index contributed by atoms with van der Waals surface area (Å²) in [6.07, 6.45) is 0. The first kappa shape index (κ1) is 21.3. The van der Waals surface area contributed by atoms with Crippen LogP contribution in [0.4, 0.5) is 5.69 Å². The lowest BCUT2D eigenvalue weighted by molar-refractivity contribution is 0.102. The summed E-state index contributed by atoms with van der Waals surface area (Å²) < 4.78 is 12.3. The fraction of sp³-hybridized carbons (Fsp3) is 0.125. The fourth-order valence-corrected chi connectivity index (χ4v) is 3.66. The summed E-state index contributed by atoms with van der Waals surface area (Å²) in [6.45, 7) is 0.366. The highest BCUT2D eigenvalue weighted by Crippen LogP contribution is 2.29. The number of aromatic nitrogens is 2. The van der Waals surface area contributed by atoms with Gasteiger partial charge in [0, 0.05) is 11.6 Å².